The smallest absolute Gasteiger partial charge is 0.271 e. The zero-order valence-electron chi connectivity index (χ0n) is 12.3. The molecule has 1 saturated heterocycles. The van der Waals surface area contributed by atoms with Crippen LogP contribution in [0.5, 0.6) is 0 Å². The minimum absolute atomic E-state index is 0.131. The average molecular weight is 315 g/mol. The van der Waals surface area contributed by atoms with Gasteiger partial charge in [-0.05, 0) is 36.4 Å². The molecule has 1 atom stereocenters. The van der Waals surface area contributed by atoms with Gasteiger partial charge in [-0.15, -0.1) is 10.2 Å². The van der Waals surface area contributed by atoms with Gasteiger partial charge in [0.15, 0.2) is 5.69 Å². The van der Waals surface area contributed by atoms with E-state index in [4.69, 9.17) is 0 Å². The molecular weight excluding hydrogens is 301 g/mol. The van der Waals surface area contributed by atoms with Gasteiger partial charge >= 0.3 is 0 Å². The monoisotopic (exact) mass is 315 g/mol. The summed E-state index contributed by atoms with van der Waals surface area (Å²) in [5.41, 5.74) is 0.849. The number of nitrogens with one attached hydrogen (secondary N) is 2. The van der Waals surface area contributed by atoms with Crippen LogP contribution >= 0.6 is 0 Å². The molecule has 2 amide bonds. The van der Waals surface area contributed by atoms with Crippen molar-refractivity contribution in [2.75, 3.05) is 23.8 Å². The van der Waals surface area contributed by atoms with Gasteiger partial charge in [-0.25, -0.2) is 4.39 Å². The molecule has 7 nitrogen and oxygen atoms in total. The molecule has 3 rings (SSSR count). The Bertz CT molecular complexity index is 733. The predicted octanol–water partition coefficient (Wildman–Crippen LogP) is 0.803. The number of benzene rings is 1. The van der Waals surface area contributed by atoms with Gasteiger partial charge in [0, 0.05) is 12.7 Å². The van der Waals surface area contributed by atoms with Crippen molar-refractivity contribution in [2.24, 2.45) is 0 Å². The second-order valence-corrected chi connectivity index (χ2v) is 5.01. The topological polar surface area (TPSA) is 87.2 Å². The Morgan fingerprint density at radius 1 is 1.22 bits per heavy atom. The number of aromatic nitrogens is 2. The fraction of sp³-hybridized carbons (Fsp3) is 0.200. The van der Waals surface area contributed by atoms with Crippen LogP contribution in [0.2, 0.25) is 0 Å². The molecule has 1 fully saturated rings. The first-order valence-electron chi connectivity index (χ1n) is 6.98. The maximum absolute atomic E-state index is 12.9. The molecule has 2 heterocycles. The molecule has 0 aliphatic carbocycles. The van der Waals surface area contributed by atoms with Crippen molar-refractivity contribution < 1.29 is 14.0 Å². The normalized spacial score (nSPS) is 16.7. The maximum atomic E-state index is 12.9. The summed E-state index contributed by atoms with van der Waals surface area (Å²) >= 11 is 0. The van der Waals surface area contributed by atoms with E-state index in [-0.39, 0.29) is 23.3 Å². The first-order valence-corrected chi connectivity index (χ1v) is 6.98. The highest BCUT2D eigenvalue weighted by Gasteiger charge is 2.37. The van der Waals surface area contributed by atoms with Crippen LogP contribution in [0.4, 0.5) is 15.9 Å². The fourth-order valence-electron chi connectivity index (χ4n) is 2.22. The largest absolute Gasteiger partial charge is 0.355 e. The van der Waals surface area contributed by atoms with Crippen LogP contribution in [0.25, 0.3) is 0 Å². The average Bonchev–Trinajstić information content (AvgIpc) is 2.59. The molecule has 0 radical (unpaired) electrons. The second-order valence-electron chi connectivity index (χ2n) is 5.01. The second kappa shape index (κ2) is 5.99. The van der Waals surface area contributed by atoms with Gasteiger partial charge in [-0.3, -0.25) is 9.59 Å². The summed E-state index contributed by atoms with van der Waals surface area (Å²) in [5.74, 6) is -0.391. The summed E-state index contributed by atoms with van der Waals surface area (Å²) in [6.45, 7) is 0.448. The number of β-lactam (4-membered cyclic amide) rings is 1. The number of anilines is 2. The van der Waals surface area contributed by atoms with Crippen molar-refractivity contribution in [3.05, 3.63) is 47.9 Å². The van der Waals surface area contributed by atoms with Gasteiger partial charge < -0.3 is 15.5 Å². The molecule has 1 aliphatic rings. The SMILES string of the molecule is CNC(=O)c1ccc(NC2CN(c3ccc(F)cc3)C2=O)nn1. The van der Waals surface area contributed by atoms with E-state index in [1.54, 1.807) is 23.1 Å². The van der Waals surface area contributed by atoms with Crippen molar-refractivity contribution in [2.45, 2.75) is 6.04 Å². The summed E-state index contributed by atoms with van der Waals surface area (Å²) in [4.78, 5) is 25.0. The van der Waals surface area contributed by atoms with Crippen LogP contribution in [-0.4, -0.2) is 41.6 Å². The van der Waals surface area contributed by atoms with Crippen molar-refractivity contribution in [1.29, 1.82) is 0 Å². The zero-order chi connectivity index (χ0) is 16.4. The highest BCUT2D eigenvalue weighted by Crippen LogP contribution is 2.24. The van der Waals surface area contributed by atoms with Gasteiger partial charge in [-0.1, -0.05) is 0 Å². The quantitative estimate of drug-likeness (QED) is 0.815. The van der Waals surface area contributed by atoms with E-state index in [0.29, 0.717) is 18.1 Å². The predicted molar refractivity (Wildman–Crippen MR) is 81.6 cm³/mol. The van der Waals surface area contributed by atoms with Gasteiger partial charge in [-0.2, -0.15) is 0 Å². The molecule has 1 aliphatic heterocycles. The summed E-state index contributed by atoms with van der Waals surface area (Å²) in [6, 6.07) is 8.43. The van der Waals surface area contributed by atoms with Crippen LogP contribution < -0.4 is 15.5 Å². The van der Waals surface area contributed by atoms with Crippen molar-refractivity contribution in [3.8, 4) is 0 Å². The third kappa shape index (κ3) is 2.96. The summed E-state index contributed by atoms with van der Waals surface area (Å²) < 4.78 is 12.9. The van der Waals surface area contributed by atoms with Crippen LogP contribution in [0.1, 0.15) is 10.5 Å². The van der Waals surface area contributed by atoms with E-state index in [1.165, 1.54) is 25.2 Å². The molecular formula is C15H14FN5O2. The van der Waals surface area contributed by atoms with E-state index in [1.807, 2.05) is 0 Å². The minimum Gasteiger partial charge on any atom is -0.355 e. The van der Waals surface area contributed by atoms with Gasteiger partial charge in [0.2, 0.25) is 0 Å². The lowest BCUT2D eigenvalue weighted by Crippen LogP contribution is -2.60. The third-order valence-electron chi connectivity index (χ3n) is 3.51. The Balaban J connectivity index is 1.61. The number of halogens is 1. The number of hydrogen-bond acceptors (Lipinski definition) is 5. The molecule has 2 N–H and O–H groups in total. The molecule has 0 bridgehead atoms. The Morgan fingerprint density at radius 2 is 1.96 bits per heavy atom. The Hall–Kier alpha value is -3.03. The first-order chi connectivity index (χ1) is 11.1. The fourth-order valence-corrected chi connectivity index (χ4v) is 2.22. The van der Waals surface area contributed by atoms with Gasteiger partial charge in [0.25, 0.3) is 11.8 Å². The summed E-state index contributed by atoms with van der Waals surface area (Å²) in [5, 5.41) is 13.1. The molecule has 1 aromatic heterocycles. The van der Waals surface area contributed by atoms with Gasteiger partial charge in [0.1, 0.15) is 17.7 Å². The Morgan fingerprint density at radius 3 is 2.52 bits per heavy atom. The van der Waals surface area contributed by atoms with E-state index in [0.717, 1.165) is 0 Å². The van der Waals surface area contributed by atoms with Crippen LogP contribution in [-0.2, 0) is 4.79 Å². The molecule has 0 spiro atoms. The van der Waals surface area contributed by atoms with E-state index in [9.17, 15) is 14.0 Å². The molecule has 23 heavy (non-hydrogen) atoms. The molecule has 8 heteroatoms. The number of carbonyl (C=O) groups excluding carboxylic acids is 2. The van der Waals surface area contributed by atoms with Crippen LogP contribution in [0.15, 0.2) is 36.4 Å². The highest BCUT2D eigenvalue weighted by molar-refractivity contribution is 6.05. The number of carbonyl (C=O) groups is 2. The van der Waals surface area contributed by atoms with Crippen molar-refractivity contribution >= 4 is 23.3 Å². The van der Waals surface area contributed by atoms with Crippen LogP contribution in [0, 0.1) is 5.82 Å². The van der Waals surface area contributed by atoms with E-state index < -0.39 is 6.04 Å². The van der Waals surface area contributed by atoms with Gasteiger partial charge in [0.05, 0.1) is 6.54 Å². The number of amides is 2. The van der Waals surface area contributed by atoms with E-state index in [2.05, 4.69) is 20.8 Å². The minimum atomic E-state index is -0.416. The van der Waals surface area contributed by atoms with Crippen molar-refractivity contribution in [1.82, 2.24) is 15.5 Å². The Labute approximate surface area is 131 Å². The standard InChI is InChI=1S/C15H14FN5O2/c1-17-14(22)11-6-7-13(20-19-11)18-12-8-21(15(12)23)10-4-2-9(16)3-5-10/h2-7,12H,8H2,1H3,(H,17,22)(H,18,20). The molecule has 118 valence electrons. The number of rotatable bonds is 4. The van der Waals surface area contributed by atoms with Crippen LogP contribution in [0.3, 0.4) is 0 Å². The molecule has 0 saturated carbocycles. The molecule has 1 aromatic carbocycles. The lowest BCUT2D eigenvalue weighted by atomic mass is 10.1. The molecule has 2 aromatic rings. The highest BCUT2D eigenvalue weighted by atomic mass is 19.1. The van der Waals surface area contributed by atoms with E-state index >= 15 is 0 Å². The summed E-state index contributed by atoms with van der Waals surface area (Å²) in [6.07, 6.45) is 0. The zero-order valence-corrected chi connectivity index (χ0v) is 12.3. The summed E-state index contributed by atoms with van der Waals surface area (Å²) in [7, 11) is 1.51. The lowest BCUT2D eigenvalue weighted by molar-refractivity contribution is -0.123. The Kier molecular flexibility index (Phi) is 3.88. The number of hydrogen-bond donors (Lipinski definition) is 2. The lowest BCUT2D eigenvalue weighted by Gasteiger charge is -2.38. The van der Waals surface area contributed by atoms with Crippen molar-refractivity contribution in [3.63, 3.8) is 0 Å². The molecule has 1 unspecified atom stereocenters. The third-order valence-corrected chi connectivity index (χ3v) is 3.51. The first kappa shape index (κ1) is 14.9. The maximum Gasteiger partial charge on any atom is 0.271 e. The number of nitrogens with zero attached hydrogens (tertiary/aromatic N) is 3.